The monoisotopic (exact) mass is 206 g/mol. The molecule has 2 atom stereocenters. The number of aliphatic hydroxyl groups excluding tert-OH is 1. The Morgan fingerprint density at radius 2 is 2.13 bits per heavy atom. The molecule has 0 spiro atoms. The molecule has 0 unspecified atom stereocenters. The third-order valence-corrected chi connectivity index (χ3v) is 3.04. The van der Waals surface area contributed by atoms with Gasteiger partial charge in [-0.15, -0.1) is 0 Å². The van der Waals surface area contributed by atoms with Crippen molar-refractivity contribution < 1.29 is 5.11 Å². The van der Waals surface area contributed by atoms with E-state index in [0.717, 1.165) is 19.5 Å². The third kappa shape index (κ3) is 2.37. The van der Waals surface area contributed by atoms with Gasteiger partial charge in [-0.3, -0.25) is 4.90 Å². The first-order valence-corrected chi connectivity index (χ1v) is 5.48. The van der Waals surface area contributed by atoms with E-state index in [2.05, 4.69) is 17.0 Å². The number of hydrogen-bond donors (Lipinski definition) is 2. The molecule has 2 rings (SSSR count). The molecule has 3 nitrogen and oxygen atoms in total. The molecular formula is C12H18N2O. The summed E-state index contributed by atoms with van der Waals surface area (Å²) in [6, 6.07) is 10.5. The maximum Gasteiger partial charge on any atom is 0.0679 e. The molecule has 0 amide bonds. The molecule has 0 aromatic heterocycles. The summed E-state index contributed by atoms with van der Waals surface area (Å²) in [6.45, 7) is 2.30. The van der Waals surface area contributed by atoms with Gasteiger partial charge >= 0.3 is 0 Å². The van der Waals surface area contributed by atoms with Gasteiger partial charge in [-0.05, 0) is 12.0 Å². The van der Waals surface area contributed by atoms with Crippen LogP contribution < -0.4 is 5.73 Å². The largest absolute Gasteiger partial charge is 0.392 e. The summed E-state index contributed by atoms with van der Waals surface area (Å²) in [4.78, 5) is 2.26. The molecule has 1 saturated heterocycles. The lowest BCUT2D eigenvalue weighted by Crippen LogP contribution is -2.32. The zero-order chi connectivity index (χ0) is 10.7. The first-order valence-electron chi connectivity index (χ1n) is 5.48. The first-order chi connectivity index (χ1) is 7.31. The summed E-state index contributed by atoms with van der Waals surface area (Å²) < 4.78 is 0. The highest BCUT2D eigenvalue weighted by Crippen LogP contribution is 2.23. The van der Waals surface area contributed by atoms with Crippen molar-refractivity contribution in [3.05, 3.63) is 35.9 Å². The van der Waals surface area contributed by atoms with E-state index in [4.69, 9.17) is 5.73 Å². The number of aliphatic hydroxyl groups is 1. The van der Waals surface area contributed by atoms with Crippen LogP contribution in [0.3, 0.4) is 0 Å². The van der Waals surface area contributed by atoms with Crippen molar-refractivity contribution in [2.45, 2.75) is 18.6 Å². The zero-order valence-corrected chi connectivity index (χ0v) is 8.84. The Hall–Kier alpha value is -0.900. The minimum atomic E-state index is -0.178. The van der Waals surface area contributed by atoms with Crippen molar-refractivity contribution in [2.24, 2.45) is 5.73 Å². The number of nitrogens with zero attached hydrogens (tertiary/aromatic N) is 1. The average Bonchev–Trinajstić information content (AvgIpc) is 2.68. The average molecular weight is 206 g/mol. The van der Waals surface area contributed by atoms with Crippen molar-refractivity contribution in [1.82, 2.24) is 4.90 Å². The van der Waals surface area contributed by atoms with Crippen molar-refractivity contribution >= 4 is 0 Å². The lowest BCUT2D eigenvalue weighted by Gasteiger charge is -2.26. The molecule has 0 aliphatic carbocycles. The molecule has 82 valence electrons. The van der Waals surface area contributed by atoms with Gasteiger partial charge in [0.1, 0.15) is 0 Å². The molecule has 1 aliphatic heterocycles. The minimum Gasteiger partial charge on any atom is -0.392 e. The van der Waals surface area contributed by atoms with Crippen molar-refractivity contribution in [3.63, 3.8) is 0 Å². The Morgan fingerprint density at radius 1 is 1.40 bits per heavy atom. The van der Waals surface area contributed by atoms with Crippen molar-refractivity contribution in [2.75, 3.05) is 19.6 Å². The second-order valence-corrected chi connectivity index (χ2v) is 4.10. The Labute approximate surface area is 90.5 Å². The summed E-state index contributed by atoms with van der Waals surface area (Å²) in [6.07, 6.45) is 0.686. The van der Waals surface area contributed by atoms with Crippen molar-refractivity contribution in [1.29, 1.82) is 0 Å². The van der Waals surface area contributed by atoms with Gasteiger partial charge in [-0.25, -0.2) is 0 Å². The standard InChI is InChI=1S/C12H18N2O/c13-8-12(10-4-2-1-3-5-10)14-7-6-11(15)9-14/h1-5,11-12,15H,6-9,13H2/t11-,12+/m0/s1. The summed E-state index contributed by atoms with van der Waals surface area (Å²) >= 11 is 0. The quantitative estimate of drug-likeness (QED) is 0.767. The summed E-state index contributed by atoms with van der Waals surface area (Å²) in [5.41, 5.74) is 7.05. The topological polar surface area (TPSA) is 49.5 Å². The van der Waals surface area contributed by atoms with Crippen LogP contribution in [0.2, 0.25) is 0 Å². The van der Waals surface area contributed by atoms with Gasteiger partial charge in [-0.1, -0.05) is 30.3 Å². The van der Waals surface area contributed by atoms with Crippen LogP contribution in [-0.4, -0.2) is 35.7 Å². The molecule has 1 heterocycles. The maximum atomic E-state index is 9.51. The predicted octanol–water partition coefficient (Wildman–Crippen LogP) is 0.753. The summed E-state index contributed by atoms with van der Waals surface area (Å²) in [5, 5.41) is 9.51. The highest BCUT2D eigenvalue weighted by Gasteiger charge is 2.26. The highest BCUT2D eigenvalue weighted by atomic mass is 16.3. The van der Waals surface area contributed by atoms with Crippen LogP contribution in [0.4, 0.5) is 0 Å². The van der Waals surface area contributed by atoms with E-state index in [1.165, 1.54) is 5.56 Å². The van der Waals surface area contributed by atoms with Gasteiger partial charge in [0.2, 0.25) is 0 Å². The van der Waals surface area contributed by atoms with Crippen LogP contribution in [0.1, 0.15) is 18.0 Å². The Morgan fingerprint density at radius 3 is 2.67 bits per heavy atom. The summed E-state index contributed by atoms with van der Waals surface area (Å²) in [7, 11) is 0. The number of likely N-dealkylation sites (tertiary alicyclic amines) is 1. The number of nitrogens with two attached hydrogens (primary N) is 1. The fourth-order valence-electron chi connectivity index (χ4n) is 2.22. The lowest BCUT2D eigenvalue weighted by molar-refractivity contribution is 0.160. The molecule has 1 fully saturated rings. The van der Waals surface area contributed by atoms with Crippen LogP contribution in [-0.2, 0) is 0 Å². The molecular weight excluding hydrogens is 188 g/mol. The van der Waals surface area contributed by atoms with Gasteiger partial charge in [0.15, 0.2) is 0 Å². The third-order valence-electron chi connectivity index (χ3n) is 3.04. The van der Waals surface area contributed by atoms with Gasteiger partial charge in [-0.2, -0.15) is 0 Å². The van der Waals surface area contributed by atoms with Crippen LogP contribution in [0, 0.1) is 0 Å². The van der Waals surface area contributed by atoms with E-state index in [1.54, 1.807) is 0 Å². The Kier molecular flexibility index (Phi) is 3.36. The summed E-state index contributed by atoms with van der Waals surface area (Å²) in [5.74, 6) is 0. The molecule has 1 aromatic carbocycles. The second-order valence-electron chi connectivity index (χ2n) is 4.10. The molecule has 0 saturated carbocycles. The molecule has 0 radical (unpaired) electrons. The smallest absolute Gasteiger partial charge is 0.0679 e. The Bertz CT molecular complexity index is 302. The molecule has 1 aliphatic rings. The normalized spacial score (nSPS) is 24.3. The van der Waals surface area contributed by atoms with Gasteiger partial charge in [0, 0.05) is 25.7 Å². The molecule has 3 heteroatoms. The van der Waals surface area contributed by atoms with E-state index < -0.39 is 0 Å². The molecule has 3 N–H and O–H groups in total. The number of benzene rings is 1. The van der Waals surface area contributed by atoms with E-state index in [9.17, 15) is 5.11 Å². The Balaban J connectivity index is 2.11. The zero-order valence-electron chi connectivity index (χ0n) is 8.84. The van der Waals surface area contributed by atoms with E-state index >= 15 is 0 Å². The number of β-amino-alcohol motifs (C(OH)–C–C–N with tert-alkyl or cyclic N) is 1. The fraction of sp³-hybridized carbons (Fsp3) is 0.500. The van der Waals surface area contributed by atoms with Crippen LogP contribution in [0.25, 0.3) is 0 Å². The lowest BCUT2D eigenvalue weighted by atomic mass is 10.1. The molecule has 0 bridgehead atoms. The first kappa shape index (κ1) is 10.6. The van der Waals surface area contributed by atoms with Crippen molar-refractivity contribution in [3.8, 4) is 0 Å². The minimum absolute atomic E-state index is 0.178. The highest BCUT2D eigenvalue weighted by molar-refractivity contribution is 5.19. The predicted molar refractivity (Wildman–Crippen MR) is 60.4 cm³/mol. The number of hydrogen-bond acceptors (Lipinski definition) is 3. The van der Waals surface area contributed by atoms with Crippen LogP contribution in [0.15, 0.2) is 30.3 Å². The molecule has 15 heavy (non-hydrogen) atoms. The van der Waals surface area contributed by atoms with E-state index in [-0.39, 0.29) is 12.1 Å². The van der Waals surface area contributed by atoms with Gasteiger partial charge in [0.05, 0.1) is 6.10 Å². The maximum absolute atomic E-state index is 9.51. The second kappa shape index (κ2) is 4.75. The van der Waals surface area contributed by atoms with E-state index in [1.807, 2.05) is 18.2 Å². The van der Waals surface area contributed by atoms with Crippen LogP contribution >= 0.6 is 0 Å². The van der Waals surface area contributed by atoms with Gasteiger partial charge in [0.25, 0.3) is 0 Å². The van der Waals surface area contributed by atoms with Gasteiger partial charge < -0.3 is 10.8 Å². The number of rotatable bonds is 3. The fourth-order valence-corrected chi connectivity index (χ4v) is 2.22. The molecule has 1 aromatic rings. The van der Waals surface area contributed by atoms with E-state index in [0.29, 0.717) is 6.54 Å². The van der Waals surface area contributed by atoms with Crippen LogP contribution in [0.5, 0.6) is 0 Å². The SMILES string of the molecule is NC[C@H](c1ccccc1)N1CC[C@H](O)C1.